The first kappa shape index (κ1) is 22.9. The molecular weight excluding hydrogens is 597 g/mol. The van der Waals surface area contributed by atoms with E-state index in [1.807, 2.05) is 47.5 Å². The molecule has 166 valence electrons. The Labute approximate surface area is 204 Å². The van der Waals surface area contributed by atoms with E-state index in [2.05, 4.69) is 21.7 Å². The van der Waals surface area contributed by atoms with Crippen molar-refractivity contribution in [3.8, 4) is 11.4 Å². The Bertz CT molecular complexity index is 1090. The monoisotopic (exact) mass is 626 g/mol. The van der Waals surface area contributed by atoms with Crippen LogP contribution in [-0.4, -0.2) is 67.9 Å². The van der Waals surface area contributed by atoms with E-state index < -0.39 is 5.60 Å². The van der Waals surface area contributed by atoms with E-state index in [9.17, 15) is 4.79 Å². The van der Waals surface area contributed by atoms with Crippen LogP contribution in [0.4, 0.5) is 10.6 Å². The second-order valence-corrected chi connectivity index (χ2v) is 11.2. The molecule has 3 heterocycles. The second-order valence-electron chi connectivity index (χ2n) is 9.32. The molecule has 0 radical (unpaired) electrons. The van der Waals surface area contributed by atoms with Gasteiger partial charge in [-0.2, -0.15) is 0 Å². The predicted octanol–water partition coefficient (Wildman–Crippen LogP) is 3.92. The van der Waals surface area contributed by atoms with Crippen LogP contribution in [0.5, 0.6) is 0 Å². The number of fused-ring (bicyclic) bond motifs is 1. The van der Waals surface area contributed by atoms with Gasteiger partial charge in [0, 0.05) is 0 Å². The van der Waals surface area contributed by atoms with E-state index in [1.165, 1.54) is 0 Å². The van der Waals surface area contributed by atoms with Crippen molar-refractivity contribution in [2.75, 3.05) is 11.9 Å². The molecule has 8 nitrogen and oxygen atoms in total. The molecule has 0 aromatic carbocycles. The third kappa shape index (κ3) is 5.76. The van der Waals surface area contributed by atoms with Gasteiger partial charge in [0.25, 0.3) is 0 Å². The Kier molecular flexibility index (Phi) is 6.97. The van der Waals surface area contributed by atoms with E-state index in [1.54, 1.807) is 6.20 Å². The first-order chi connectivity index (χ1) is 15.3. The molecule has 3 aromatic rings. The maximum absolute atomic E-state index is 12.0. The number of ether oxygens (including phenoxy) is 1. The zero-order chi connectivity index (χ0) is 22.7. The minimum atomic E-state index is -0.465. The normalized spacial score (nSPS) is 18.9. The molecule has 1 fully saturated rings. The van der Waals surface area contributed by atoms with Crippen molar-refractivity contribution in [2.45, 2.75) is 58.1 Å². The molecule has 0 spiro atoms. The molecule has 32 heavy (non-hydrogen) atoms. The Balaban J connectivity index is 1.31. The Hall–Kier alpha value is -2.24. The van der Waals surface area contributed by atoms with Gasteiger partial charge in [-0.05, 0) is 20.8 Å². The van der Waals surface area contributed by atoms with Crippen molar-refractivity contribution in [1.29, 1.82) is 0 Å². The number of pyridine rings is 2. The minimum absolute atomic E-state index is 0.192. The SMILES string of the molecule is CC(C)(C)OC(=O)NC1CCC(CNc2cccc(-c3n[n]([Tl])c4ncccc34)n2)CC1. The summed E-state index contributed by atoms with van der Waals surface area (Å²) in [6, 6.07) is 10.2. The van der Waals surface area contributed by atoms with Gasteiger partial charge in [0.2, 0.25) is 0 Å². The van der Waals surface area contributed by atoms with Crippen molar-refractivity contribution < 1.29 is 9.53 Å². The van der Waals surface area contributed by atoms with Crippen LogP contribution < -0.4 is 10.6 Å². The summed E-state index contributed by atoms with van der Waals surface area (Å²) in [6.07, 6.45) is 5.55. The summed E-state index contributed by atoms with van der Waals surface area (Å²) >= 11 is 0.549. The van der Waals surface area contributed by atoms with Crippen molar-refractivity contribution in [3.63, 3.8) is 0 Å². The fourth-order valence-electron chi connectivity index (χ4n) is 4.06. The van der Waals surface area contributed by atoms with Crippen LogP contribution >= 0.6 is 0 Å². The molecule has 0 bridgehead atoms. The fourth-order valence-corrected chi connectivity index (χ4v) is 5.31. The molecule has 3 aromatic heterocycles. The van der Waals surface area contributed by atoms with Gasteiger partial charge in [0.1, 0.15) is 5.60 Å². The van der Waals surface area contributed by atoms with Crippen LogP contribution in [-0.2, 0) is 4.74 Å². The molecular formula is C23H29N6O2Tl. The zero-order valence-corrected chi connectivity index (χ0v) is 23.3. The summed E-state index contributed by atoms with van der Waals surface area (Å²) < 4.78 is 7.32. The van der Waals surface area contributed by atoms with Gasteiger partial charge in [-0.3, -0.25) is 0 Å². The summed E-state index contributed by atoms with van der Waals surface area (Å²) in [4.78, 5) is 21.3. The fraction of sp³-hybridized carbons (Fsp3) is 0.478. The number of nitrogens with one attached hydrogen (secondary N) is 2. The van der Waals surface area contributed by atoms with Crippen molar-refractivity contribution >= 4 is 49.0 Å². The Morgan fingerprint density at radius 2 is 1.97 bits per heavy atom. The predicted molar refractivity (Wildman–Crippen MR) is 126 cm³/mol. The van der Waals surface area contributed by atoms with Crippen LogP contribution in [0.1, 0.15) is 46.5 Å². The average molecular weight is 626 g/mol. The number of amides is 1. The van der Waals surface area contributed by atoms with Gasteiger partial charge in [-0.1, -0.05) is 0 Å². The van der Waals surface area contributed by atoms with Crippen LogP contribution in [0.25, 0.3) is 22.4 Å². The molecule has 1 aliphatic carbocycles. The Morgan fingerprint density at radius 3 is 2.72 bits per heavy atom. The van der Waals surface area contributed by atoms with E-state index in [-0.39, 0.29) is 12.1 Å². The first-order valence-electron chi connectivity index (χ1n) is 11.1. The Morgan fingerprint density at radius 1 is 1.19 bits per heavy atom. The number of aromatic nitrogens is 4. The van der Waals surface area contributed by atoms with Crippen LogP contribution in [0.2, 0.25) is 0 Å². The zero-order valence-electron chi connectivity index (χ0n) is 18.8. The summed E-state index contributed by atoms with van der Waals surface area (Å²) in [6.45, 7) is 6.52. The summed E-state index contributed by atoms with van der Waals surface area (Å²) in [5, 5.41) is 12.2. The molecule has 1 saturated carbocycles. The van der Waals surface area contributed by atoms with Crippen LogP contribution in [0.3, 0.4) is 0 Å². The molecule has 2 N–H and O–H groups in total. The summed E-state index contributed by atoms with van der Waals surface area (Å²) in [5.41, 5.74) is 2.20. The third-order valence-corrected chi connectivity index (χ3v) is 7.00. The maximum atomic E-state index is 12.0. The van der Waals surface area contributed by atoms with Crippen LogP contribution in [0.15, 0.2) is 36.5 Å². The van der Waals surface area contributed by atoms with E-state index in [0.29, 0.717) is 32.0 Å². The second kappa shape index (κ2) is 9.72. The van der Waals surface area contributed by atoms with E-state index in [0.717, 1.165) is 60.5 Å². The number of carbonyl (C=O) groups is 1. The molecule has 1 aliphatic rings. The average Bonchev–Trinajstić information content (AvgIpc) is 3.09. The van der Waals surface area contributed by atoms with Gasteiger partial charge in [0.15, 0.2) is 0 Å². The molecule has 9 heteroatoms. The number of anilines is 1. The number of carbonyl (C=O) groups excluding carboxylic acids is 1. The number of rotatable bonds is 5. The van der Waals surface area contributed by atoms with Gasteiger partial charge in [-0.25, -0.2) is 4.79 Å². The van der Waals surface area contributed by atoms with Crippen LogP contribution in [0, 0.1) is 5.92 Å². The summed E-state index contributed by atoms with van der Waals surface area (Å²) in [5.74, 6) is 1.42. The van der Waals surface area contributed by atoms with Crippen molar-refractivity contribution in [3.05, 3.63) is 36.5 Å². The van der Waals surface area contributed by atoms with Crippen molar-refractivity contribution in [1.82, 2.24) is 22.9 Å². The van der Waals surface area contributed by atoms with Gasteiger partial charge in [0.05, 0.1) is 0 Å². The summed E-state index contributed by atoms with van der Waals surface area (Å²) in [7, 11) is 0. The van der Waals surface area contributed by atoms with E-state index >= 15 is 0 Å². The van der Waals surface area contributed by atoms with Gasteiger partial charge < -0.3 is 10.1 Å². The molecule has 0 atom stereocenters. The quantitative estimate of drug-likeness (QED) is 0.418. The molecule has 0 aliphatic heterocycles. The number of hydrogen-bond donors (Lipinski definition) is 2. The number of alkyl carbamates (subject to hydrolysis) is 1. The molecule has 0 saturated heterocycles. The topological polar surface area (TPSA) is 94.0 Å². The molecule has 1 amide bonds. The van der Waals surface area contributed by atoms with E-state index in [4.69, 9.17) is 14.8 Å². The molecule has 0 unspecified atom stereocenters. The number of nitrogens with zero attached hydrogens (tertiary/aromatic N) is 4. The molecule has 4 rings (SSSR count). The van der Waals surface area contributed by atoms with Crippen molar-refractivity contribution in [2.24, 2.45) is 5.92 Å². The van der Waals surface area contributed by atoms with Gasteiger partial charge >= 0.3 is 164 Å². The standard InChI is InChI=1S/C23H30N6O2.Tl/c1-23(2,3)31-22(30)26-16-11-9-15(10-12-16)14-25-19-8-4-7-18(27-19)20-17-6-5-13-24-21(17)29-28-20;/h4-8,13,15-16H,9-12,14H2,1-3H3,(H3,24,25,26,27,28,29,30);/q;+1/p-1. The number of hydrogen-bond acceptors (Lipinski definition) is 6. The third-order valence-electron chi connectivity index (χ3n) is 5.60. The van der Waals surface area contributed by atoms with Gasteiger partial charge in [-0.15, -0.1) is 0 Å². The first-order valence-corrected chi connectivity index (χ1v) is 13.1.